The van der Waals surface area contributed by atoms with Gasteiger partial charge in [0.2, 0.25) is 0 Å². The highest BCUT2D eigenvalue weighted by atomic mass is 16.6. The molecule has 0 unspecified atom stereocenters. The molecule has 1 aliphatic rings. The van der Waals surface area contributed by atoms with Gasteiger partial charge in [0.1, 0.15) is 5.69 Å². The molecule has 1 saturated heterocycles. The monoisotopic (exact) mass is 327 g/mol. The van der Waals surface area contributed by atoms with Crippen molar-refractivity contribution in [1.29, 1.82) is 5.26 Å². The summed E-state index contributed by atoms with van der Waals surface area (Å²) in [5.74, 6) is 0.818. The van der Waals surface area contributed by atoms with Crippen LogP contribution in [0.4, 0.5) is 11.4 Å². The summed E-state index contributed by atoms with van der Waals surface area (Å²) in [5, 5.41) is 24.2. The normalized spacial score (nSPS) is 15.2. The summed E-state index contributed by atoms with van der Waals surface area (Å²) < 4.78 is 5.23. The molecule has 0 spiro atoms. The molecule has 3 rings (SSSR count). The van der Waals surface area contributed by atoms with Gasteiger partial charge >= 0.3 is 0 Å². The van der Waals surface area contributed by atoms with E-state index in [-0.39, 0.29) is 5.69 Å². The van der Waals surface area contributed by atoms with Crippen LogP contribution in [0.3, 0.4) is 0 Å². The van der Waals surface area contributed by atoms with Gasteiger partial charge in [-0.3, -0.25) is 15.0 Å². The van der Waals surface area contributed by atoms with Crippen LogP contribution in [0.2, 0.25) is 0 Å². The molecule has 0 amide bonds. The first kappa shape index (κ1) is 16.0. The molecule has 1 fully saturated rings. The Labute approximate surface area is 139 Å². The van der Waals surface area contributed by atoms with E-state index in [4.69, 9.17) is 9.78 Å². The molecule has 0 radical (unpaired) electrons. The number of nitriles is 1. The molecule has 1 aromatic heterocycles. The number of benzene rings is 1. The number of nitrogens with zero attached hydrogens (tertiary/aromatic N) is 5. The fourth-order valence-corrected chi connectivity index (χ4v) is 2.86. The number of piperazine rings is 1. The van der Waals surface area contributed by atoms with Crippen LogP contribution in [0.1, 0.15) is 17.0 Å². The second-order valence-corrected chi connectivity index (χ2v) is 5.77. The van der Waals surface area contributed by atoms with E-state index >= 15 is 0 Å². The Morgan fingerprint density at radius 1 is 1.33 bits per heavy atom. The van der Waals surface area contributed by atoms with E-state index in [0.29, 0.717) is 30.9 Å². The van der Waals surface area contributed by atoms with Gasteiger partial charge in [-0.25, -0.2) is 0 Å². The maximum absolute atomic E-state index is 11.2. The average Bonchev–Trinajstić information content (AvgIpc) is 2.99. The van der Waals surface area contributed by atoms with Crippen molar-refractivity contribution in [1.82, 2.24) is 10.1 Å². The number of hydrogen-bond donors (Lipinski definition) is 0. The van der Waals surface area contributed by atoms with E-state index < -0.39 is 4.92 Å². The molecule has 0 atom stereocenters. The minimum atomic E-state index is -0.403. The van der Waals surface area contributed by atoms with Gasteiger partial charge < -0.3 is 9.42 Å². The van der Waals surface area contributed by atoms with E-state index in [2.05, 4.69) is 10.1 Å². The van der Waals surface area contributed by atoms with Crippen molar-refractivity contribution in [3.05, 3.63) is 51.4 Å². The number of nitro benzene ring substituents is 1. The third-order valence-electron chi connectivity index (χ3n) is 4.07. The summed E-state index contributed by atoms with van der Waals surface area (Å²) in [6.45, 7) is 5.38. The molecule has 0 saturated carbocycles. The van der Waals surface area contributed by atoms with Crippen LogP contribution in [-0.4, -0.2) is 41.2 Å². The summed E-state index contributed by atoms with van der Waals surface area (Å²) in [6, 6.07) is 8.42. The number of aryl methyl sites for hydroxylation is 1. The van der Waals surface area contributed by atoms with Gasteiger partial charge in [-0.15, -0.1) is 0 Å². The zero-order chi connectivity index (χ0) is 17.1. The summed E-state index contributed by atoms with van der Waals surface area (Å²) in [5.41, 5.74) is 1.82. The highest BCUT2D eigenvalue weighted by molar-refractivity contribution is 5.66. The maximum atomic E-state index is 11.2. The first-order valence-electron chi connectivity index (χ1n) is 7.65. The quantitative estimate of drug-likeness (QED) is 0.626. The van der Waals surface area contributed by atoms with Crippen molar-refractivity contribution >= 4 is 11.4 Å². The number of nitro groups is 1. The third kappa shape index (κ3) is 3.36. The molecule has 8 heteroatoms. The number of aromatic nitrogens is 1. The smallest absolute Gasteiger partial charge is 0.292 e. The van der Waals surface area contributed by atoms with Gasteiger partial charge in [0.05, 0.1) is 28.8 Å². The lowest BCUT2D eigenvalue weighted by Gasteiger charge is -2.35. The van der Waals surface area contributed by atoms with Crippen LogP contribution < -0.4 is 4.90 Å². The van der Waals surface area contributed by atoms with E-state index in [1.165, 1.54) is 12.1 Å². The first-order valence-corrected chi connectivity index (χ1v) is 7.65. The zero-order valence-corrected chi connectivity index (χ0v) is 13.3. The van der Waals surface area contributed by atoms with Crippen LogP contribution in [0.25, 0.3) is 0 Å². The molecule has 0 N–H and O–H groups in total. The molecule has 8 nitrogen and oxygen atoms in total. The second kappa shape index (κ2) is 6.68. The Bertz CT molecular complexity index is 787. The highest BCUT2D eigenvalue weighted by Gasteiger charge is 2.24. The van der Waals surface area contributed by atoms with Crippen molar-refractivity contribution in [3.8, 4) is 6.07 Å². The Morgan fingerprint density at radius 3 is 2.67 bits per heavy atom. The lowest BCUT2D eigenvalue weighted by atomic mass is 10.1. The van der Waals surface area contributed by atoms with Gasteiger partial charge in [-0.2, -0.15) is 5.26 Å². The van der Waals surface area contributed by atoms with E-state index in [1.54, 1.807) is 6.07 Å². The van der Waals surface area contributed by atoms with Crippen molar-refractivity contribution < 1.29 is 9.45 Å². The topological polar surface area (TPSA) is 99.4 Å². The standard InChI is InChI=1S/C16H17N5O3/c1-12-8-14(24-18-12)11-19-4-6-20(7-5-19)16-9-13(10-17)2-3-15(16)21(22)23/h2-3,8-9H,4-7,11H2,1H3. The largest absolute Gasteiger partial charge is 0.363 e. The lowest BCUT2D eigenvalue weighted by molar-refractivity contribution is -0.384. The van der Waals surface area contributed by atoms with E-state index in [9.17, 15) is 10.1 Å². The summed E-state index contributed by atoms with van der Waals surface area (Å²) in [6.07, 6.45) is 0. The van der Waals surface area contributed by atoms with Crippen molar-refractivity contribution in [2.75, 3.05) is 31.1 Å². The molecular formula is C16H17N5O3. The van der Waals surface area contributed by atoms with Gasteiger partial charge in [0.15, 0.2) is 5.76 Å². The fraction of sp³-hybridized carbons (Fsp3) is 0.375. The first-order chi connectivity index (χ1) is 11.6. The fourth-order valence-electron chi connectivity index (χ4n) is 2.86. The molecule has 0 aliphatic carbocycles. The van der Waals surface area contributed by atoms with Crippen LogP contribution >= 0.6 is 0 Å². The Hall–Kier alpha value is -2.92. The summed E-state index contributed by atoms with van der Waals surface area (Å²) in [4.78, 5) is 15.0. The van der Waals surface area contributed by atoms with Crippen LogP contribution in [0.5, 0.6) is 0 Å². The van der Waals surface area contributed by atoms with Crippen LogP contribution in [0, 0.1) is 28.4 Å². The minimum absolute atomic E-state index is 0.0355. The predicted octanol–water partition coefficient (Wildman–Crippen LogP) is 2.09. The zero-order valence-electron chi connectivity index (χ0n) is 13.3. The minimum Gasteiger partial charge on any atom is -0.363 e. The molecular weight excluding hydrogens is 310 g/mol. The van der Waals surface area contributed by atoms with Gasteiger partial charge in [0, 0.05) is 38.3 Å². The Balaban J connectivity index is 1.70. The van der Waals surface area contributed by atoms with Crippen LogP contribution in [0.15, 0.2) is 28.8 Å². The molecule has 2 heterocycles. The van der Waals surface area contributed by atoms with Gasteiger partial charge in [-0.05, 0) is 19.1 Å². The summed E-state index contributed by atoms with van der Waals surface area (Å²) in [7, 11) is 0. The second-order valence-electron chi connectivity index (χ2n) is 5.77. The highest BCUT2D eigenvalue weighted by Crippen LogP contribution is 2.30. The SMILES string of the molecule is Cc1cc(CN2CCN(c3cc(C#N)ccc3[N+](=O)[O-])CC2)on1. The lowest BCUT2D eigenvalue weighted by Crippen LogP contribution is -2.46. The molecule has 0 bridgehead atoms. The average molecular weight is 327 g/mol. The van der Waals surface area contributed by atoms with Crippen molar-refractivity contribution in [2.24, 2.45) is 0 Å². The molecule has 1 aromatic carbocycles. The Morgan fingerprint density at radius 2 is 2.08 bits per heavy atom. The number of anilines is 1. The van der Waals surface area contributed by atoms with Crippen molar-refractivity contribution in [3.63, 3.8) is 0 Å². The van der Waals surface area contributed by atoms with Gasteiger partial charge in [0.25, 0.3) is 5.69 Å². The Kier molecular flexibility index (Phi) is 4.44. The molecule has 2 aromatic rings. The van der Waals surface area contributed by atoms with Gasteiger partial charge in [-0.1, -0.05) is 5.16 Å². The third-order valence-corrected chi connectivity index (χ3v) is 4.07. The van der Waals surface area contributed by atoms with E-state index in [1.807, 2.05) is 24.0 Å². The maximum Gasteiger partial charge on any atom is 0.292 e. The number of rotatable bonds is 4. The molecule has 124 valence electrons. The number of hydrogen-bond acceptors (Lipinski definition) is 7. The summed E-state index contributed by atoms with van der Waals surface area (Å²) >= 11 is 0. The van der Waals surface area contributed by atoms with Crippen LogP contribution in [-0.2, 0) is 6.54 Å². The molecule has 24 heavy (non-hydrogen) atoms. The van der Waals surface area contributed by atoms with E-state index in [0.717, 1.165) is 24.5 Å². The molecule has 1 aliphatic heterocycles. The predicted molar refractivity (Wildman–Crippen MR) is 86.5 cm³/mol. The van der Waals surface area contributed by atoms with Crippen molar-refractivity contribution in [2.45, 2.75) is 13.5 Å².